The molecule has 0 N–H and O–H groups in total. The van der Waals surface area contributed by atoms with E-state index < -0.39 is 0 Å². The Balaban J connectivity index is 1.96. The number of rotatable bonds is 3. The van der Waals surface area contributed by atoms with Crippen LogP contribution in [-0.4, -0.2) is 4.98 Å². The number of fused-ring (bicyclic) bond motifs is 2. The van der Waals surface area contributed by atoms with E-state index >= 15 is 0 Å². The molecule has 31 heavy (non-hydrogen) atoms. The van der Waals surface area contributed by atoms with Gasteiger partial charge in [0.15, 0.2) is 0 Å². The Morgan fingerprint density at radius 2 is 1.42 bits per heavy atom. The van der Waals surface area contributed by atoms with Gasteiger partial charge in [-0.3, -0.25) is 4.98 Å². The molecule has 2 heteroatoms. The minimum atomic E-state index is 0.0979. The second-order valence-corrected chi connectivity index (χ2v) is 12.5. The van der Waals surface area contributed by atoms with Crippen molar-refractivity contribution in [1.29, 1.82) is 0 Å². The van der Waals surface area contributed by atoms with Crippen LogP contribution in [0.25, 0.3) is 22.0 Å². The lowest BCUT2D eigenvalue weighted by Gasteiger charge is -2.44. The standard InChI is InChI=1S/C29H36BrN/c1-10-26(2,3)22-12-11-20(30)16-21(22)25-15-18-13-23-24(14-19(18)17-31-25)28(6,7)29(8,9)27(23,4)5/h11-17H,10H2,1-9H3. The fourth-order valence-electron chi connectivity index (χ4n) is 5.34. The lowest BCUT2D eigenvalue weighted by Crippen LogP contribution is -2.42. The number of benzene rings is 2. The summed E-state index contributed by atoms with van der Waals surface area (Å²) in [5, 5.41) is 2.51. The Morgan fingerprint density at radius 1 is 0.839 bits per heavy atom. The van der Waals surface area contributed by atoms with E-state index in [1.54, 1.807) is 0 Å². The molecule has 0 atom stereocenters. The number of hydrogen-bond donors (Lipinski definition) is 0. The average Bonchev–Trinajstić information content (AvgIpc) is 2.80. The van der Waals surface area contributed by atoms with Gasteiger partial charge in [-0.15, -0.1) is 0 Å². The van der Waals surface area contributed by atoms with E-state index in [2.05, 4.69) is 121 Å². The van der Waals surface area contributed by atoms with Gasteiger partial charge in [-0.25, -0.2) is 0 Å². The second kappa shape index (κ2) is 6.91. The first kappa shape index (κ1) is 22.5. The topological polar surface area (TPSA) is 12.9 Å². The second-order valence-electron chi connectivity index (χ2n) is 11.6. The first-order valence-electron chi connectivity index (χ1n) is 11.5. The quantitative estimate of drug-likeness (QED) is 0.366. The molecule has 0 saturated carbocycles. The van der Waals surface area contributed by atoms with Crippen molar-refractivity contribution >= 4 is 26.7 Å². The molecular weight excluding hydrogens is 442 g/mol. The van der Waals surface area contributed by atoms with Gasteiger partial charge < -0.3 is 0 Å². The molecular formula is C29H36BrN. The third-order valence-electron chi connectivity index (χ3n) is 9.20. The molecule has 0 saturated heterocycles. The monoisotopic (exact) mass is 477 g/mol. The van der Waals surface area contributed by atoms with Crippen LogP contribution in [0, 0.1) is 5.41 Å². The Hall–Kier alpha value is -1.67. The van der Waals surface area contributed by atoms with E-state index in [0.29, 0.717) is 0 Å². The molecule has 1 aromatic heterocycles. The summed E-state index contributed by atoms with van der Waals surface area (Å²) in [6.45, 7) is 21.3. The highest BCUT2D eigenvalue weighted by molar-refractivity contribution is 9.10. The largest absolute Gasteiger partial charge is 0.256 e. The van der Waals surface area contributed by atoms with Crippen LogP contribution in [0.15, 0.2) is 47.1 Å². The molecule has 0 spiro atoms. The summed E-state index contributed by atoms with van der Waals surface area (Å²) >= 11 is 3.68. The molecule has 0 fully saturated rings. The zero-order valence-corrected chi connectivity index (χ0v) is 22.2. The Morgan fingerprint density at radius 3 is 2.00 bits per heavy atom. The van der Waals surface area contributed by atoms with Crippen molar-refractivity contribution in [3.63, 3.8) is 0 Å². The van der Waals surface area contributed by atoms with Crippen LogP contribution in [0.1, 0.15) is 85.4 Å². The molecule has 3 aromatic rings. The predicted octanol–water partition coefficient (Wildman–Crippen LogP) is 8.95. The van der Waals surface area contributed by atoms with Crippen molar-refractivity contribution < 1.29 is 0 Å². The SMILES string of the molecule is CCC(C)(C)c1ccc(Br)cc1-c1cc2cc3c(cc2cn1)C(C)(C)C(C)(C)C3(C)C. The van der Waals surface area contributed by atoms with Crippen molar-refractivity contribution in [2.75, 3.05) is 0 Å². The summed E-state index contributed by atoms with van der Waals surface area (Å²) in [5.74, 6) is 0. The van der Waals surface area contributed by atoms with Crippen LogP contribution in [0.5, 0.6) is 0 Å². The zero-order chi connectivity index (χ0) is 23.0. The molecule has 0 radical (unpaired) electrons. The normalized spacial score (nSPS) is 18.9. The van der Waals surface area contributed by atoms with Crippen molar-refractivity contribution in [1.82, 2.24) is 4.98 Å². The average molecular weight is 479 g/mol. The maximum absolute atomic E-state index is 4.95. The smallest absolute Gasteiger partial charge is 0.0711 e. The van der Waals surface area contributed by atoms with Gasteiger partial charge in [0.1, 0.15) is 0 Å². The maximum Gasteiger partial charge on any atom is 0.0711 e. The van der Waals surface area contributed by atoms with Gasteiger partial charge in [-0.2, -0.15) is 0 Å². The maximum atomic E-state index is 4.95. The molecule has 1 heterocycles. The third-order valence-corrected chi connectivity index (χ3v) is 9.69. The van der Waals surface area contributed by atoms with Gasteiger partial charge in [0, 0.05) is 21.6 Å². The van der Waals surface area contributed by atoms with Crippen LogP contribution in [0.3, 0.4) is 0 Å². The van der Waals surface area contributed by atoms with Gasteiger partial charge in [0.25, 0.3) is 0 Å². The molecule has 0 unspecified atom stereocenters. The van der Waals surface area contributed by atoms with E-state index in [4.69, 9.17) is 4.98 Å². The molecule has 0 bridgehead atoms. The van der Waals surface area contributed by atoms with E-state index in [1.165, 1.54) is 33.0 Å². The molecule has 1 aliphatic carbocycles. The van der Waals surface area contributed by atoms with Crippen LogP contribution in [0.2, 0.25) is 0 Å². The number of nitrogens with zero attached hydrogens (tertiary/aromatic N) is 1. The summed E-state index contributed by atoms with van der Waals surface area (Å²) in [6, 6.07) is 13.8. The van der Waals surface area contributed by atoms with Crippen molar-refractivity contribution in [3.8, 4) is 11.3 Å². The minimum Gasteiger partial charge on any atom is -0.256 e. The molecule has 0 aliphatic heterocycles. The molecule has 1 aliphatic rings. The Bertz CT molecular complexity index is 1180. The highest BCUT2D eigenvalue weighted by Gasteiger charge is 2.56. The minimum absolute atomic E-state index is 0.0979. The number of halogens is 1. The van der Waals surface area contributed by atoms with Gasteiger partial charge in [0.2, 0.25) is 0 Å². The van der Waals surface area contributed by atoms with Gasteiger partial charge in [0.05, 0.1) is 5.69 Å². The van der Waals surface area contributed by atoms with Crippen molar-refractivity contribution in [2.24, 2.45) is 5.41 Å². The summed E-state index contributed by atoms with van der Waals surface area (Å²) in [7, 11) is 0. The molecule has 4 rings (SSSR count). The summed E-state index contributed by atoms with van der Waals surface area (Å²) in [6.07, 6.45) is 3.16. The van der Waals surface area contributed by atoms with Gasteiger partial charge >= 0.3 is 0 Å². The third kappa shape index (κ3) is 3.12. The first-order valence-corrected chi connectivity index (χ1v) is 12.3. The highest BCUT2D eigenvalue weighted by atomic mass is 79.9. The predicted molar refractivity (Wildman–Crippen MR) is 138 cm³/mol. The van der Waals surface area contributed by atoms with Crippen molar-refractivity contribution in [2.45, 2.75) is 85.0 Å². The summed E-state index contributed by atoms with van der Waals surface area (Å²) < 4.78 is 1.10. The fourth-order valence-corrected chi connectivity index (χ4v) is 5.70. The van der Waals surface area contributed by atoms with Crippen LogP contribution < -0.4 is 0 Å². The number of aromatic nitrogens is 1. The van der Waals surface area contributed by atoms with E-state index in [-0.39, 0.29) is 21.7 Å². The van der Waals surface area contributed by atoms with Crippen molar-refractivity contribution in [3.05, 3.63) is 63.8 Å². The number of pyridine rings is 1. The Kier molecular flexibility index (Phi) is 5.02. The zero-order valence-electron chi connectivity index (χ0n) is 20.6. The fraction of sp³-hybridized carbons (Fsp3) is 0.483. The molecule has 164 valence electrons. The van der Waals surface area contributed by atoms with E-state index in [1.807, 2.05) is 0 Å². The van der Waals surface area contributed by atoms with E-state index in [0.717, 1.165) is 16.6 Å². The van der Waals surface area contributed by atoms with Gasteiger partial charge in [-0.1, -0.05) is 90.4 Å². The lowest BCUT2D eigenvalue weighted by atomic mass is 9.59. The Labute approximate surface area is 196 Å². The van der Waals surface area contributed by atoms with Crippen LogP contribution in [0.4, 0.5) is 0 Å². The molecule has 2 aromatic carbocycles. The summed E-state index contributed by atoms with van der Waals surface area (Å²) in [5.41, 5.74) is 7.07. The summed E-state index contributed by atoms with van der Waals surface area (Å²) in [4.78, 5) is 4.95. The van der Waals surface area contributed by atoms with Gasteiger partial charge in [-0.05, 0) is 74.4 Å². The van der Waals surface area contributed by atoms with Crippen LogP contribution in [-0.2, 0) is 16.2 Å². The highest BCUT2D eigenvalue weighted by Crippen LogP contribution is 2.61. The first-order chi connectivity index (χ1) is 14.2. The lowest BCUT2D eigenvalue weighted by molar-refractivity contribution is 0.125. The number of hydrogen-bond acceptors (Lipinski definition) is 1. The van der Waals surface area contributed by atoms with Crippen LogP contribution >= 0.6 is 15.9 Å². The van der Waals surface area contributed by atoms with E-state index in [9.17, 15) is 0 Å². The molecule has 1 nitrogen and oxygen atoms in total. The molecule has 0 amide bonds.